The summed E-state index contributed by atoms with van der Waals surface area (Å²) in [5, 5.41) is 16.1. The number of hydrogen-bond acceptors (Lipinski definition) is 5. The Bertz CT molecular complexity index is 765. The average molecular weight is 326 g/mol. The predicted octanol–water partition coefficient (Wildman–Crippen LogP) is 1.32. The molecular formula is C17H18N4O3. The third kappa shape index (κ3) is 3.39. The van der Waals surface area contributed by atoms with Crippen molar-refractivity contribution in [2.24, 2.45) is 7.05 Å². The van der Waals surface area contributed by atoms with Crippen molar-refractivity contribution < 1.29 is 14.3 Å². The van der Waals surface area contributed by atoms with Crippen LogP contribution in [0.3, 0.4) is 0 Å². The van der Waals surface area contributed by atoms with Crippen LogP contribution in [-0.4, -0.2) is 34.9 Å². The molecule has 1 fully saturated rings. The Morgan fingerprint density at radius 3 is 3.08 bits per heavy atom. The highest BCUT2D eigenvalue weighted by molar-refractivity contribution is 5.78. The van der Waals surface area contributed by atoms with Gasteiger partial charge in [-0.25, -0.2) is 0 Å². The molecule has 1 aliphatic rings. The zero-order chi connectivity index (χ0) is 16.9. The average Bonchev–Trinajstić information content (AvgIpc) is 3.21. The van der Waals surface area contributed by atoms with E-state index >= 15 is 0 Å². The molecule has 0 aliphatic carbocycles. The summed E-state index contributed by atoms with van der Waals surface area (Å²) in [4.78, 5) is 12.2. The number of carbonyl (C=O) groups is 1. The van der Waals surface area contributed by atoms with Gasteiger partial charge < -0.3 is 14.8 Å². The smallest absolute Gasteiger partial charge is 0.258 e. The SMILES string of the molecule is Cn1nccc1[C@H]1OCC[C@@H]1NC(=O)COc1ccccc1C#N. The van der Waals surface area contributed by atoms with Gasteiger partial charge in [-0.1, -0.05) is 12.1 Å². The summed E-state index contributed by atoms with van der Waals surface area (Å²) in [5.74, 6) is 0.159. The van der Waals surface area contributed by atoms with Crippen LogP contribution in [0.2, 0.25) is 0 Å². The van der Waals surface area contributed by atoms with E-state index in [9.17, 15) is 4.79 Å². The van der Waals surface area contributed by atoms with Crippen molar-refractivity contribution in [2.45, 2.75) is 18.6 Å². The fourth-order valence-electron chi connectivity index (χ4n) is 2.77. The van der Waals surface area contributed by atoms with Gasteiger partial charge in [0.25, 0.3) is 5.91 Å². The molecule has 2 heterocycles. The van der Waals surface area contributed by atoms with E-state index in [4.69, 9.17) is 14.7 Å². The molecule has 2 atom stereocenters. The number of benzene rings is 1. The van der Waals surface area contributed by atoms with Crippen LogP contribution in [-0.2, 0) is 16.6 Å². The molecule has 1 aliphatic heterocycles. The summed E-state index contributed by atoms with van der Waals surface area (Å²) in [5.41, 5.74) is 1.33. The summed E-state index contributed by atoms with van der Waals surface area (Å²) in [6.07, 6.45) is 2.22. The van der Waals surface area contributed by atoms with Crippen molar-refractivity contribution in [1.29, 1.82) is 5.26 Å². The zero-order valence-corrected chi connectivity index (χ0v) is 13.3. The maximum absolute atomic E-state index is 12.2. The van der Waals surface area contributed by atoms with Crippen molar-refractivity contribution in [3.63, 3.8) is 0 Å². The monoisotopic (exact) mass is 326 g/mol. The van der Waals surface area contributed by atoms with Crippen LogP contribution in [0.5, 0.6) is 5.75 Å². The number of aromatic nitrogens is 2. The van der Waals surface area contributed by atoms with Gasteiger partial charge in [-0.05, 0) is 24.6 Å². The molecule has 3 rings (SSSR count). The number of hydrogen-bond donors (Lipinski definition) is 1. The van der Waals surface area contributed by atoms with E-state index in [1.54, 1.807) is 35.1 Å². The van der Waals surface area contributed by atoms with Crippen LogP contribution in [0.4, 0.5) is 0 Å². The minimum atomic E-state index is -0.245. The number of nitrogens with one attached hydrogen (secondary N) is 1. The number of carbonyl (C=O) groups excluding carboxylic acids is 1. The summed E-state index contributed by atoms with van der Waals surface area (Å²) >= 11 is 0. The van der Waals surface area contributed by atoms with Gasteiger partial charge in [0.1, 0.15) is 17.9 Å². The molecule has 7 nitrogen and oxygen atoms in total. The normalized spacial score (nSPS) is 19.7. The van der Waals surface area contributed by atoms with Gasteiger partial charge in [0.2, 0.25) is 0 Å². The minimum absolute atomic E-state index is 0.122. The number of amides is 1. The molecule has 0 radical (unpaired) electrons. The van der Waals surface area contributed by atoms with Gasteiger partial charge in [-0.15, -0.1) is 0 Å². The number of nitriles is 1. The van der Waals surface area contributed by atoms with Gasteiger partial charge in [0.15, 0.2) is 6.61 Å². The molecule has 0 bridgehead atoms. The lowest BCUT2D eigenvalue weighted by Crippen LogP contribution is -2.40. The van der Waals surface area contributed by atoms with Crippen molar-refractivity contribution in [1.82, 2.24) is 15.1 Å². The Labute approximate surface area is 139 Å². The Kier molecular flexibility index (Phi) is 4.77. The number of para-hydroxylation sites is 1. The Balaban J connectivity index is 1.59. The van der Waals surface area contributed by atoms with Gasteiger partial charge in [-0.3, -0.25) is 9.48 Å². The Morgan fingerprint density at radius 1 is 1.50 bits per heavy atom. The second-order valence-corrected chi connectivity index (χ2v) is 5.53. The second kappa shape index (κ2) is 7.15. The van der Waals surface area contributed by atoms with Crippen molar-refractivity contribution in [2.75, 3.05) is 13.2 Å². The highest BCUT2D eigenvalue weighted by Gasteiger charge is 2.32. The number of aryl methyl sites for hydroxylation is 1. The lowest BCUT2D eigenvalue weighted by atomic mass is 10.1. The molecular weight excluding hydrogens is 308 g/mol. The molecule has 1 aromatic carbocycles. The first-order valence-corrected chi connectivity index (χ1v) is 7.70. The number of rotatable bonds is 5. The highest BCUT2D eigenvalue weighted by Crippen LogP contribution is 2.28. The van der Waals surface area contributed by atoms with E-state index in [0.29, 0.717) is 17.9 Å². The molecule has 0 spiro atoms. The second-order valence-electron chi connectivity index (χ2n) is 5.53. The topological polar surface area (TPSA) is 89.2 Å². The summed E-state index contributed by atoms with van der Waals surface area (Å²) in [6.45, 7) is 0.437. The first kappa shape index (κ1) is 16.0. The minimum Gasteiger partial charge on any atom is -0.482 e. The summed E-state index contributed by atoms with van der Waals surface area (Å²) < 4.78 is 12.9. The first-order valence-electron chi connectivity index (χ1n) is 7.70. The molecule has 2 aromatic rings. The fourth-order valence-corrected chi connectivity index (χ4v) is 2.77. The highest BCUT2D eigenvalue weighted by atomic mass is 16.5. The maximum Gasteiger partial charge on any atom is 0.258 e. The van der Waals surface area contributed by atoms with E-state index in [2.05, 4.69) is 10.4 Å². The van der Waals surface area contributed by atoms with Gasteiger partial charge >= 0.3 is 0 Å². The maximum atomic E-state index is 12.2. The largest absolute Gasteiger partial charge is 0.482 e. The van der Waals surface area contributed by atoms with Crippen LogP contribution in [0.15, 0.2) is 36.5 Å². The van der Waals surface area contributed by atoms with Gasteiger partial charge in [0, 0.05) is 19.9 Å². The molecule has 1 N–H and O–H groups in total. The molecule has 1 saturated heterocycles. The molecule has 124 valence electrons. The Morgan fingerprint density at radius 2 is 2.33 bits per heavy atom. The molecule has 1 aromatic heterocycles. The predicted molar refractivity (Wildman–Crippen MR) is 85.1 cm³/mol. The van der Waals surface area contributed by atoms with E-state index < -0.39 is 0 Å². The first-order chi connectivity index (χ1) is 11.7. The quantitative estimate of drug-likeness (QED) is 0.895. The van der Waals surface area contributed by atoms with E-state index in [0.717, 1.165) is 12.1 Å². The Hall–Kier alpha value is -2.85. The van der Waals surface area contributed by atoms with Crippen molar-refractivity contribution in [3.8, 4) is 11.8 Å². The third-order valence-corrected chi connectivity index (χ3v) is 3.95. The molecule has 7 heteroatoms. The van der Waals surface area contributed by atoms with E-state index in [-0.39, 0.29) is 24.7 Å². The molecule has 0 saturated carbocycles. The summed E-state index contributed by atoms with van der Waals surface area (Å²) in [6, 6.07) is 10.6. The fraction of sp³-hybridized carbons (Fsp3) is 0.353. The van der Waals surface area contributed by atoms with Gasteiger partial charge in [-0.2, -0.15) is 10.4 Å². The standard InChI is InChI=1S/C17H18N4O3/c1-21-14(6-8-19-21)17-13(7-9-23-17)20-16(22)11-24-15-5-3-2-4-12(15)10-18/h2-6,8,13,17H,7,9,11H2,1H3,(H,20,22)/t13-,17-/m0/s1. The van der Waals surface area contributed by atoms with Crippen LogP contribution < -0.4 is 10.1 Å². The van der Waals surface area contributed by atoms with Crippen molar-refractivity contribution in [3.05, 3.63) is 47.8 Å². The van der Waals surface area contributed by atoms with Crippen LogP contribution in [0.25, 0.3) is 0 Å². The zero-order valence-electron chi connectivity index (χ0n) is 13.3. The number of nitrogens with zero attached hydrogens (tertiary/aromatic N) is 3. The van der Waals surface area contributed by atoms with Crippen LogP contribution in [0, 0.1) is 11.3 Å². The molecule has 24 heavy (non-hydrogen) atoms. The number of ether oxygens (including phenoxy) is 2. The van der Waals surface area contributed by atoms with E-state index in [1.807, 2.05) is 19.2 Å². The van der Waals surface area contributed by atoms with E-state index in [1.165, 1.54) is 0 Å². The molecule has 1 amide bonds. The lowest BCUT2D eigenvalue weighted by molar-refractivity contribution is -0.124. The summed E-state index contributed by atoms with van der Waals surface area (Å²) in [7, 11) is 1.85. The van der Waals surface area contributed by atoms with Crippen molar-refractivity contribution >= 4 is 5.91 Å². The third-order valence-electron chi connectivity index (χ3n) is 3.95. The van der Waals surface area contributed by atoms with Gasteiger partial charge in [0.05, 0.1) is 17.3 Å². The van der Waals surface area contributed by atoms with Crippen LogP contribution in [0.1, 0.15) is 23.8 Å². The van der Waals surface area contributed by atoms with Crippen LogP contribution >= 0.6 is 0 Å². The lowest BCUT2D eigenvalue weighted by Gasteiger charge is -2.20. The molecule has 0 unspecified atom stereocenters.